The molecule has 5 nitrogen and oxygen atoms in total. The highest BCUT2D eigenvalue weighted by molar-refractivity contribution is 6.33. The van der Waals surface area contributed by atoms with Crippen LogP contribution in [0.4, 0.5) is 5.69 Å². The van der Waals surface area contributed by atoms with E-state index in [1.54, 1.807) is 0 Å². The topological polar surface area (TPSA) is 45.4 Å². The van der Waals surface area contributed by atoms with E-state index in [0.29, 0.717) is 23.3 Å². The summed E-state index contributed by atoms with van der Waals surface area (Å²) in [5, 5.41) is 8.98. The van der Waals surface area contributed by atoms with E-state index in [0.717, 1.165) is 31.7 Å². The molecule has 27 heavy (non-hydrogen) atoms. The average Bonchev–Trinajstić information content (AvgIpc) is 3.13. The van der Waals surface area contributed by atoms with Gasteiger partial charge < -0.3 is 9.32 Å². The van der Waals surface area contributed by atoms with Crippen molar-refractivity contribution in [1.29, 1.82) is 0 Å². The van der Waals surface area contributed by atoms with Gasteiger partial charge in [-0.05, 0) is 43.2 Å². The van der Waals surface area contributed by atoms with E-state index in [1.165, 1.54) is 16.8 Å². The Morgan fingerprint density at radius 1 is 0.963 bits per heavy atom. The van der Waals surface area contributed by atoms with Crippen LogP contribution in [-0.4, -0.2) is 41.3 Å². The van der Waals surface area contributed by atoms with Crippen molar-refractivity contribution in [2.75, 3.05) is 31.1 Å². The Kier molecular flexibility index (Phi) is 5.14. The van der Waals surface area contributed by atoms with Crippen LogP contribution >= 0.6 is 11.6 Å². The molecule has 1 aliphatic heterocycles. The number of halogens is 1. The summed E-state index contributed by atoms with van der Waals surface area (Å²) in [7, 11) is 0. The fourth-order valence-electron chi connectivity index (χ4n) is 3.48. The van der Waals surface area contributed by atoms with Crippen LogP contribution < -0.4 is 4.90 Å². The molecule has 0 aliphatic carbocycles. The molecule has 0 unspecified atom stereocenters. The quantitative estimate of drug-likeness (QED) is 0.672. The number of aryl methyl sites for hydroxylation is 1. The lowest BCUT2D eigenvalue weighted by Crippen LogP contribution is -2.46. The molecule has 0 atom stereocenters. The van der Waals surface area contributed by atoms with Gasteiger partial charge in [-0.3, -0.25) is 4.90 Å². The Morgan fingerprint density at radius 3 is 2.52 bits per heavy atom. The number of piperazine rings is 1. The van der Waals surface area contributed by atoms with E-state index in [4.69, 9.17) is 16.0 Å². The van der Waals surface area contributed by atoms with Gasteiger partial charge in [-0.15, -0.1) is 10.2 Å². The number of nitrogens with zero attached hydrogens (tertiary/aromatic N) is 4. The maximum absolute atomic E-state index is 6.21. The standard InChI is InChI=1S/C21H23ClN4O/c1-15-6-5-9-19(16(15)2)26-12-10-25(11-13-26)14-20-23-24-21(27-20)17-7-3-4-8-18(17)22/h3-9H,10-14H2,1-2H3. The van der Waals surface area contributed by atoms with E-state index in [-0.39, 0.29) is 0 Å². The second kappa shape index (κ2) is 7.71. The van der Waals surface area contributed by atoms with Crippen LogP contribution in [0.3, 0.4) is 0 Å². The lowest BCUT2D eigenvalue weighted by Gasteiger charge is -2.36. The number of anilines is 1. The van der Waals surface area contributed by atoms with Gasteiger partial charge in [0.25, 0.3) is 0 Å². The summed E-state index contributed by atoms with van der Waals surface area (Å²) in [5.74, 6) is 1.11. The van der Waals surface area contributed by atoms with Crippen molar-refractivity contribution in [2.45, 2.75) is 20.4 Å². The second-order valence-electron chi connectivity index (χ2n) is 6.96. The van der Waals surface area contributed by atoms with E-state index in [2.05, 4.69) is 52.0 Å². The van der Waals surface area contributed by atoms with Gasteiger partial charge in [0.1, 0.15) is 0 Å². The molecule has 4 rings (SSSR count). The smallest absolute Gasteiger partial charge is 0.249 e. The minimum Gasteiger partial charge on any atom is -0.419 e. The van der Waals surface area contributed by atoms with Crippen molar-refractivity contribution in [3.8, 4) is 11.5 Å². The molecule has 140 valence electrons. The molecule has 6 heteroatoms. The first-order chi connectivity index (χ1) is 13.1. The molecular formula is C21H23ClN4O. The Morgan fingerprint density at radius 2 is 1.74 bits per heavy atom. The van der Waals surface area contributed by atoms with Gasteiger partial charge in [0.2, 0.25) is 11.8 Å². The van der Waals surface area contributed by atoms with Crippen LogP contribution in [0.5, 0.6) is 0 Å². The Balaban J connectivity index is 1.39. The maximum atomic E-state index is 6.21. The number of rotatable bonds is 4. The zero-order valence-corrected chi connectivity index (χ0v) is 16.4. The normalized spacial score (nSPS) is 15.3. The van der Waals surface area contributed by atoms with Crippen molar-refractivity contribution in [2.24, 2.45) is 0 Å². The average molecular weight is 383 g/mol. The number of hydrogen-bond acceptors (Lipinski definition) is 5. The number of hydrogen-bond donors (Lipinski definition) is 0. The molecule has 3 aromatic rings. The SMILES string of the molecule is Cc1cccc(N2CCN(Cc3nnc(-c4ccccc4Cl)o3)CC2)c1C. The lowest BCUT2D eigenvalue weighted by molar-refractivity contribution is 0.227. The lowest BCUT2D eigenvalue weighted by atomic mass is 10.1. The van der Waals surface area contributed by atoms with Crippen molar-refractivity contribution in [1.82, 2.24) is 15.1 Å². The molecule has 0 spiro atoms. The highest BCUT2D eigenvalue weighted by Crippen LogP contribution is 2.27. The minimum absolute atomic E-state index is 0.477. The molecule has 0 bridgehead atoms. The number of benzene rings is 2. The molecule has 2 heterocycles. The molecule has 0 saturated carbocycles. The van der Waals surface area contributed by atoms with Crippen molar-refractivity contribution < 1.29 is 4.42 Å². The van der Waals surface area contributed by atoms with Crippen molar-refractivity contribution in [3.05, 3.63) is 64.5 Å². The maximum Gasteiger partial charge on any atom is 0.249 e. The van der Waals surface area contributed by atoms with E-state index >= 15 is 0 Å². The summed E-state index contributed by atoms with van der Waals surface area (Å²) in [6.45, 7) is 8.96. The van der Waals surface area contributed by atoms with Crippen molar-refractivity contribution >= 4 is 17.3 Å². The second-order valence-corrected chi connectivity index (χ2v) is 7.37. The largest absolute Gasteiger partial charge is 0.419 e. The first-order valence-corrected chi connectivity index (χ1v) is 9.60. The van der Waals surface area contributed by atoms with Gasteiger partial charge in [0, 0.05) is 31.9 Å². The molecule has 1 saturated heterocycles. The van der Waals surface area contributed by atoms with Gasteiger partial charge in [-0.2, -0.15) is 0 Å². The molecule has 2 aromatic carbocycles. The zero-order valence-electron chi connectivity index (χ0n) is 15.7. The van der Waals surface area contributed by atoms with E-state index in [9.17, 15) is 0 Å². The fourth-order valence-corrected chi connectivity index (χ4v) is 3.69. The third-order valence-corrected chi connectivity index (χ3v) is 5.55. The van der Waals surface area contributed by atoms with Crippen LogP contribution in [0.15, 0.2) is 46.9 Å². The molecule has 1 fully saturated rings. The fraction of sp³-hybridized carbons (Fsp3) is 0.333. The summed E-state index contributed by atoms with van der Waals surface area (Å²) in [4.78, 5) is 4.81. The summed E-state index contributed by atoms with van der Waals surface area (Å²) in [5.41, 5.74) is 4.83. The Hall–Kier alpha value is -2.37. The van der Waals surface area contributed by atoms with E-state index < -0.39 is 0 Å². The summed E-state index contributed by atoms with van der Waals surface area (Å²) < 4.78 is 5.84. The van der Waals surface area contributed by atoms with Crippen LogP contribution in [0, 0.1) is 13.8 Å². The Bertz CT molecular complexity index is 931. The molecule has 0 N–H and O–H groups in total. The first kappa shape index (κ1) is 18.0. The third-order valence-electron chi connectivity index (χ3n) is 5.22. The Labute approximate surface area is 164 Å². The van der Waals surface area contributed by atoms with Gasteiger partial charge in [-0.25, -0.2) is 0 Å². The summed E-state index contributed by atoms with van der Waals surface area (Å²) in [6, 6.07) is 14.0. The predicted molar refractivity (Wildman–Crippen MR) is 108 cm³/mol. The van der Waals surface area contributed by atoms with Crippen LogP contribution in [0.2, 0.25) is 5.02 Å². The van der Waals surface area contributed by atoms with Gasteiger partial charge in [-0.1, -0.05) is 35.9 Å². The third kappa shape index (κ3) is 3.84. The molecule has 0 amide bonds. The summed E-state index contributed by atoms with van der Waals surface area (Å²) in [6.07, 6.45) is 0. The highest BCUT2D eigenvalue weighted by atomic mass is 35.5. The predicted octanol–water partition coefficient (Wildman–Crippen LogP) is 4.33. The van der Waals surface area contributed by atoms with Gasteiger partial charge in [0.05, 0.1) is 17.1 Å². The monoisotopic (exact) mass is 382 g/mol. The summed E-state index contributed by atoms with van der Waals surface area (Å²) >= 11 is 6.21. The highest BCUT2D eigenvalue weighted by Gasteiger charge is 2.21. The minimum atomic E-state index is 0.477. The van der Waals surface area contributed by atoms with Gasteiger partial charge in [0.15, 0.2) is 0 Å². The molecule has 1 aromatic heterocycles. The van der Waals surface area contributed by atoms with E-state index in [1.807, 2.05) is 24.3 Å². The zero-order chi connectivity index (χ0) is 18.8. The van der Waals surface area contributed by atoms with Crippen LogP contribution in [-0.2, 0) is 6.54 Å². The first-order valence-electron chi connectivity index (χ1n) is 9.22. The van der Waals surface area contributed by atoms with Gasteiger partial charge >= 0.3 is 0 Å². The van der Waals surface area contributed by atoms with Crippen molar-refractivity contribution in [3.63, 3.8) is 0 Å². The van der Waals surface area contributed by atoms with Crippen LogP contribution in [0.1, 0.15) is 17.0 Å². The molecule has 1 aliphatic rings. The number of aromatic nitrogens is 2. The van der Waals surface area contributed by atoms with Crippen LogP contribution in [0.25, 0.3) is 11.5 Å². The molecular weight excluding hydrogens is 360 g/mol. The molecule has 0 radical (unpaired) electrons.